The molecule has 0 radical (unpaired) electrons. The van der Waals surface area contributed by atoms with E-state index in [2.05, 4.69) is 46.4 Å². The van der Waals surface area contributed by atoms with Crippen LogP contribution in [0.3, 0.4) is 0 Å². The van der Waals surface area contributed by atoms with Crippen LogP contribution in [0, 0.1) is 60.6 Å². The van der Waals surface area contributed by atoms with Crippen LogP contribution in [0.25, 0.3) is 33.9 Å². The number of ether oxygens (including phenoxy) is 5. The second kappa shape index (κ2) is 26.6. The highest BCUT2D eigenvalue weighted by atomic mass is 35.5. The molecular formula is C56H52Cl4F6N14O8. The minimum Gasteiger partial charge on any atom is -0.463 e. The van der Waals surface area contributed by atoms with Crippen LogP contribution in [0.2, 0.25) is 20.1 Å². The van der Waals surface area contributed by atoms with Gasteiger partial charge in [-0.25, -0.2) is 55.0 Å². The summed E-state index contributed by atoms with van der Waals surface area (Å²) < 4.78 is 124. The molecule has 32 heteroatoms. The van der Waals surface area contributed by atoms with Gasteiger partial charge in [-0.3, -0.25) is 14.4 Å². The smallest absolute Gasteiger partial charge is 0.302 e. The van der Waals surface area contributed by atoms with Gasteiger partial charge in [-0.1, -0.05) is 77.6 Å². The van der Waals surface area contributed by atoms with Gasteiger partial charge in [0.2, 0.25) is 11.8 Å². The van der Waals surface area contributed by atoms with Crippen molar-refractivity contribution in [3.63, 3.8) is 0 Å². The normalized spacial score (nSPS) is 22.0. The van der Waals surface area contributed by atoms with Gasteiger partial charge >= 0.3 is 5.97 Å². The molecule has 2 N–H and O–H groups in total. The molecule has 2 amide bonds. The summed E-state index contributed by atoms with van der Waals surface area (Å²) in [4.78, 5) is 49.5. The lowest BCUT2D eigenvalue weighted by Gasteiger charge is -2.45. The van der Waals surface area contributed by atoms with Crippen LogP contribution in [0.5, 0.6) is 0 Å². The summed E-state index contributed by atoms with van der Waals surface area (Å²) in [5, 5.41) is 32.4. The Balaban J connectivity index is 0.916. The highest BCUT2D eigenvalue weighted by Crippen LogP contribution is 2.46. The number of aryl methyl sites for hydroxylation is 2. The Morgan fingerprint density at radius 1 is 0.614 bits per heavy atom. The predicted octanol–water partition coefficient (Wildman–Crippen LogP) is 9.70. The van der Waals surface area contributed by atoms with E-state index in [1.807, 2.05) is 13.8 Å². The number of benzene rings is 4. The standard InChI is InChI=1S/C56H52Cl4F6N14O8/c1-7-43-24(2)49(77-18-39(71-75-77)29-12-35(61)47(65)36(62)13-29)51(53(87-43)55-69-26(4)73-79(55)41-16-31(57)8-10-33(41)59)85-21-45(82)67-23-68-46(83)22-86-52-50(78-19-40(72-76-78)30-14-37(63)48(66)38(64)15-30)25(3)44(20-84-28(6)81)88-54(52)56-70-27(5)74-80(56)42-17-32(58)9-11-34(42)60/h8-19,24-25,43-44,49-54H,7,20-23H2,1-6H3,(H,67,82)(H,68,83). The Kier molecular flexibility index (Phi) is 19.2. The molecule has 2 saturated heterocycles. The largest absolute Gasteiger partial charge is 0.463 e. The molecule has 10 rings (SSSR count). The molecule has 2 aliphatic rings. The van der Waals surface area contributed by atoms with Crippen molar-refractivity contribution in [2.45, 2.75) is 96.7 Å². The van der Waals surface area contributed by atoms with Crippen LogP contribution in [-0.4, -0.2) is 128 Å². The van der Waals surface area contributed by atoms with E-state index in [0.29, 0.717) is 23.0 Å². The summed E-state index contributed by atoms with van der Waals surface area (Å²) >= 11 is 26.3. The molecule has 0 aliphatic carbocycles. The van der Waals surface area contributed by atoms with E-state index in [1.165, 1.54) is 50.2 Å². The number of carbonyl (C=O) groups is 3. The number of aromatic nitrogens is 12. The van der Waals surface area contributed by atoms with Gasteiger partial charge in [0.25, 0.3) is 0 Å². The first-order valence-electron chi connectivity index (χ1n) is 27.1. The molecule has 0 bridgehead atoms. The number of carbonyl (C=O) groups excluding carboxylic acids is 3. The Morgan fingerprint density at radius 3 is 1.43 bits per heavy atom. The van der Waals surface area contributed by atoms with Gasteiger partial charge in [-0.05, 0) is 80.9 Å². The molecule has 8 aromatic rings. The summed E-state index contributed by atoms with van der Waals surface area (Å²) in [5.74, 6) is -11.8. The molecule has 22 nitrogen and oxygen atoms in total. The molecule has 0 saturated carbocycles. The number of hydrogen-bond donors (Lipinski definition) is 2. The van der Waals surface area contributed by atoms with Crippen molar-refractivity contribution in [1.29, 1.82) is 0 Å². The number of hydrogen-bond acceptors (Lipinski definition) is 16. The first kappa shape index (κ1) is 63.4. The van der Waals surface area contributed by atoms with Crippen LogP contribution in [0.4, 0.5) is 26.3 Å². The molecule has 0 spiro atoms. The number of rotatable bonds is 19. The third-order valence-corrected chi connectivity index (χ3v) is 16.0. The molecule has 88 heavy (non-hydrogen) atoms. The van der Waals surface area contributed by atoms with Gasteiger partial charge < -0.3 is 34.3 Å². The zero-order valence-electron chi connectivity index (χ0n) is 47.1. The summed E-state index contributed by atoms with van der Waals surface area (Å²) in [7, 11) is 0. The minimum absolute atomic E-state index is 0.0205. The van der Waals surface area contributed by atoms with E-state index >= 15 is 0 Å². The van der Waals surface area contributed by atoms with Crippen molar-refractivity contribution in [1.82, 2.24) is 70.2 Å². The average molecular weight is 1300 g/mol. The number of nitrogens with one attached hydrogen (secondary N) is 2. The number of nitrogens with zero attached hydrogens (tertiary/aromatic N) is 12. The van der Waals surface area contributed by atoms with Crippen molar-refractivity contribution in [3.8, 4) is 33.9 Å². The molecule has 6 heterocycles. The molecule has 2 fully saturated rings. The lowest BCUT2D eigenvalue weighted by Crippen LogP contribution is -2.51. The summed E-state index contributed by atoms with van der Waals surface area (Å²) in [6.45, 7) is 7.67. The summed E-state index contributed by atoms with van der Waals surface area (Å²) in [5.41, 5.74) is 0.220. The third kappa shape index (κ3) is 13.4. The first-order chi connectivity index (χ1) is 42.0. The van der Waals surface area contributed by atoms with Crippen LogP contribution in [-0.2, 0) is 38.1 Å². The lowest BCUT2D eigenvalue weighted by atomic mass is 9.84. The van der Waals surface area contributed by atoms with E-state index in [1.54, 1.807) is 45.0 Å². The summed E-state index contributed by atoms with van der Waals surface area (Å²) in [6.07, 6.45) is -3.28. The van der Waals surface area contributed by atoms with Crippen LogP contribution in [0.15, 0.2) is 73.1 Å². The molecule has 2 aliphatic heterocycles. The van der Waals surface area contributed by atoms with Crippen molar-refractivity contribution in [3.05, 3.63) is 151 Å². The van der Waals surface area contributed by atoms with Gasteiger partial charge in [0.15, 0.2) is 46.6 Å². The van der Waals surface area contributed by atoms with E-state index in [-0.39, 0.29) is 67.4 Å². The monoisotopic (exact) mass is 1300 g/mol. The van der Waals surface area contributed by atoms with Gasteiger partial charge in [-0.2, -0.15) is 10.2 Å². The second-order valence-electron chi connectivity index (χ2n) is 20.8. The number of halogens is 10. The zero-order chi connectivity index (χ0) is 63.0. The Bertz CT molecular complexity index is 3890. The topological polar surface area (TPSA) is 244 Å². The summed E-state index contributed by atoms with van der Waals surface area (Å²) in [6, 6.07) is 10.5. The minimum atomic E-state index is -1.69. The SMILES string of the molecule is CCC1OC(c2nc(C)nn2-c2cc(Cl)ccc2Cl)C(OCC(=O)NCNC(=O)COC2C(c3nc(C)nn3-c3cc(Cl)ccc3Cl)OC(COC(C)=O)C(C)C2n2cc(-c3cc(F)c(F)c(F)c3)nn2)C(n2cc(-c3cc(F)c(F)c(F)c3)nn2)C1C. The maximum Gasteiger partial charge on any atom is 0.302 e. The highest BCUT2D eigenvalue weighted by molar-refractivity contribution is 6.35. The molecule has 10 unspecified atom stereocenters. The van der Waals surface area contributed by atoms with Crippen LogP contribution < -0.4 is 10.6 Å². The van der Waals surface area contributed by atoms with Crippen molar-refractivity contribution in [2.75, 3.05) is 26.5 Å². The van der Waals surface area contributed by atoms with Gasteiger partial charge in [-0.15, -0.1) is 10.2 Å². The fraction of sp³-hybridized carbons (Fsp3) is 0.375. The Hall–Kier alpha value is -7.57. The quantitative estimate of drug-likeness (QED) is 0.0331. The molecule has 10 atom stereocenters. The van der Waals surface area contributed by atoms with Crippen molar-refractivity contribution in [2.24, 2.45) is 11.8 Å². The number of amides is 2. The first-order valence-corrected chi connectivity index (χ1v) is 28.6. The fourth-order valence-electron chi connectivity index (χ4n) is 10.7. The second-order valence-corrected chi connectivity index (χ2v) is 22.4. The number of esters is 1. The van der Waals surface area contributed by atoms with Crippen molar-refractivity contribution < 1.29 is 64.4 Å². The zero-order valence-corrected chi connectivity index (χ0v) is 50.2. The van der Waals surface area contributed by atoms with E-state index in [0.717, 1.165) is 24.3 Å². The molecular weight excluding hydrogens is 1250 g/mol. The molecule has 4 aromatic carbocycles. The average Bonchev–Trinajstić information content (AvgIpc) is 1.62. The maximum atomic E-state index is 14.6. The Morgan fingerprint density at radius 2 is 1.02 bits per heavy atom. The van der Waals surface area contributed by atoms with Gasteiger partial charge in [0, 0.05) is 39.9 Å². The van der Waals surface area contributed by atoms with Gasteiger partial charge in [0.1, 0.15) is 67.3 Å². The van der Waals surface area contributed by atoms with Gasteiger partial charge in [0.05, 0.1) is 64.8 Å². The van der Waals surface area contributed by atoms with E-state index < -0.39 is 133 Å². The predicted molar refractivity (Wildman–Crippen MR) is 302 cm³/mol. The Labute approximate surface area is 516 Å². The lowest BCUT2D eigenvalue weighted by molar-refractivity contribution is -0.206. The highest BCUT2D eigenvalue weighted by Gasteiger charge is 2.51. The van der Waals surface area contributed by atoms with Crippen molar-refractivity contribution >= 4 is 64.2 Å². The van der Waals surface area contributed by atoms with Crippen LogP contribution >= 0.6 is 46.4 Å². The van der Waals surface area contributed by atoms with Crippen LogP contribution in [0.1, 0.15) is 81.7 Å². The van der Waals surface area contributed by atoms with E-state index in [9.17, 15) is 40.7 Å². The molecule has 4 aromatic heterocycles. The molecule has 464 valence electrons. The fourth-order valence-corrected chi connectivity index (χ4v) is 11.4. The maximum absolute atomic E-state index is 14.6. The van der Waals surface area contributed by atoms with E-state index in [4.69, 9.17) is 75.1 Å². The third-order valence-electron chi connectivity index (χ3n) is 14.8.